The predicted octanol–water partition coefficient (Wildman–Crippen LogP) is 3.61. The van der Waals surface area contributed by atoms with Crippen LogP contribution in [0.25, 0.3) is 0 Å². The summed E-state index contributed by atoms with van der Waals surface area (Å²) in [7, 11) is 0. The number of likely N-dealkylation sites (tertiary alicyclic amines) is 1. The molecule has 2 N–H and O–H groups in total. The summed E-state index contributed by atoms with van der Waals surface area (Å²) in [6.07, 6.45) is 3.67. The number of hydrogen-bond donors (Lipinski definition) is 2. The highest BCUT2D eigenvalue weighted by atomic mass is 35.5. The number of benzene rings is 2. The number of anilines is 2. The molecule has 0 saturated carbocycles. The van der Waals surface area contributed by atoms with E-state index in [-0.39, 0.29) is 36.6 Å². The maximum absolute atomic E-state index is 13.0. The lowest BCUT2D eigenvalue weighted by molar-refractivity contribution is -0.128. The molecule has 2 aliphatic heterocycles. The monoisotopic (exact) mass is 496 g/mol. The van der Waals surface area contributed by atoms with E-state index in [4.69, 9.17) is 11.6 Å². The van der Waals surface area contributed by atoms with Crippen molar-refractivity contribution in [3.63, 3.8) is 0 Å². The van der Waals surface area contributed by atoms with Crippen LogP contribution in [0.4, 0.5) is 11.4 Å². The highest BCUT2D eigenvalue weighted by Crippen LogP contribution is 2.21. The Kier molecular flexibility index (Phi) is 8.02. The Morgan fingerprint density at radius 2 is 1.60 bits per heavy atom. The lowest BCUT2D eigenvalue weighted by atomic mass is 10.1. The Balaban J connectivity index is 1.41. The van der Waals surface area contributed by atoms with Crippen LogP contribution >= 0.6 is 11.6 Å². The molecular formula is C26H29ClN4O4. The molecule has 2 aliphatic rings. The van der Waals surface area contributed by atoms with Crippen molar-refractivity contribution in [3.05, 3.63) is 59.1 Å². The first-order chi connectivity index (χ1) is 16.9. The largest absolute Gasteiger partial charge is 0.347 e. The highest BCUT2D eigenvalue weighted by molar-refractivity contribution is 6.30. The Morgan fingerprint density at radius 3 is 2.26 bits per heavy atom. The van der Waals surface area contributed by atoms with Gasteiger partial charge in [0, 0.05) is 60.9 Å². The van der Waals surface area contributed by atoms with E-state index in [9.17, 15) is 19.2 Å². The van der Waals surface area contributed by atoms with Crippen LogP contribution in [0.2, 0.25) is 5.02 Å². The molecule has 4 amide bonds. The van der Waals surface area contributed by atoms with Crippen molar-refractivity contribution < 1.29 is 19.2 Å². The Bertz CT molecular complexity index is 1090. The van der Waals surface area contributed by atoms with Crippen LogP contribution in [0.15, 0.2) is 48.5 Å². The van der Waals surface area contributed by atoms with Crippen LogP contribution in [0, 0.1) is 0 Å². The van der Waals surface area contributed by atoms with Gasteiger partial charge >= 0.3 is 0 Å². The molecule has 4 rings (SSSR count). The number of amides is 4. The van der Waals surface area contributed by atoms with Crippen LogP contribution in [-0.4, -0.2) is 54.2 Å². The summed E-state index contributed by atoms with van der Waals surface area (Å²) in [5.41, 5.74) is 1.80. The van der Waals surface area contributed by atoms with Crippen LogP contribution in [0.3, 0.4) is 0 Å². The first kappa shape index (κ1) is 24.7. The molecule has 0 spiro atoms. The van der Waals surface area contributed by atoms with Gasteiger partial charge in [-0.25, -0.2) is 0 Å². The van der Waals surface area contributed by atoms with Gasteiger partial charge in [0.15, 0.2) is 0 Å². The second-order valence-electron chi connectivity index (χ2n) is 8.92. The number of halogens is 1. The summed E-state index contributed by atoms with van der Waals surface area (Å²) < 4.78 is 0. The van der Waals surface area contributed by atoms with E-state index < -0.39 is 6.04 Å². The highest BCUT2D eigenvalue weighted by Gasteiger charge is 2.26. The molecule has 1 unspecified atom stereocenters. The molecule has 0 aromatic heterocycles. The fraction of sp³-hybridized carbons (Fsp3) is 0.385. The molecule has 8 nitrogen and oxygen atoms in total. The number of hydrogen-bond acceptors (Lipinski definition) is 4. The van der Waals surface area contributed by atoms with E-state index in [1.807, 2.05) is 0 Å². The molecule has 0 bridgehead atoms. The summed E-state index contributed by atoms with van der Waals surface area (Å²) >= 11 is 5.90. The van der Waals surface area contributed by atoms with Crippen molar-refractivity contribution in [2.75, 3.05) is 29.9 Å². The Hall–Kier alpha value is -3.39. The van der Waals surface area contributed by atoms with Crippen LogP contribution < -0.4 is 15.5 Å². The first-order valence-electron chi connectivity index (χ1n) is 11.9. The number of carbonyl (C=O) groups excluding carboxylic acids is 4. The van der Waals surface area contributed by atoms with Crippen LogP contribution in [-0.2, 0) is 14.4 Å². The van der Waals surface area contributed by atoms with Crippen molar-refractivity contribution in [2.24, 2.45) is 0 Å². The van der Waals surface area contributed by atoms with Crippen molar-refractivity contribution in [1.82, 2.24) is 10.2 Å². The van der Waals surface area contributed by atoms with Gasteiger partial charge in [-0.05, 0) is 67.8 Å². The van der Waals surface area contributed by atoms with Crippen LogP contribution in [0.1, 0.15) is 48.9 Å². The van der Waals surface area contributed by atoms with Gasteiger partial charge in [-0.3, -0.25) is 19.2 Å². The Labute approximate surface area is 209 Å². The molecule has 2 saturated heterocycles. The summed E-state index contributed by atoms with van der Waals surface area (Å²) in [6, 6.07) is 13.1. The van der Waals surface area contributed by atoms with Crippen molar-refractivity contribution in [3.8, 4) is 0 Å². The van der Waals surface area contributed by atoms with Gasteiger partial charge in [0.25, 0.3) is 5.91 Å². The number of carbonyl (C=O) groups is 4. The van der Waals surface area contributed by atoms with E-state index in [1.54, 1.807) is 58.3 Å². The minimum Gasteiger partial charge on any atom is -0.347 e. The molecule has 2 aromatic carbocycles. The van der Waals surface area contributed by atoms with E-state index in [0.717, 1.165) is 24.9 Å². The van der Waals surface area contributed by atoms with Gasteiger partial charge in [0.1, 0.15) is 0 Å². The first-order valence-corrected chi connectivity index (χ1v) is 12.3. The van der Waals surface area contributed by atoms with Crippen molar-refractivity contribution in [1.29, 1.82) is 0 Å². The number of nitrogens with zero attached hydrogens (tertiary/aromatic N) is 2. The van der Waals surface area contributed by atoms with Gasteiger partial charge in [-0.1, -0.05) is 11.6 Å². The van der Waals surface area contributed by atoms with Crippen LogP contribution in [0.5, 0.6) is 0 Å². The average Bonchev–Trinajstić information content (AvgIpc) is 3.25. The molecule has 1 atom stereocenters. The number of rotatable bonds is 8. The van der Waals surface area contributed by atoms with Crippen molar-refractivity contribution in [2.45, 2.75) is 44.6 Å². The van der Waals surface area contributed by atoms with E-state index in [1.165, 1.54) is 0 Å². The minimum absolute atomic E-state index is 0.0124. The maximum Gasteiger partial charge on any atom is 0.251 e. The molecule has 184 valence electrons. The zero-order valence-corrected chi connectivity index (χ0v) is 20.2. The van der Waals surface area contributed by atoms with Gasteiger partial charge in [-0.2, -0.15) is 0 Å². The van der Waals surface area contributed by atoms with Gasteiger partial charge in [-0.15, -0.1) is 0 Å². The zero-order valence-electron chi connectivity index (χ0n) is 19.5. The number of nitrogens with one attached hydrogen (secondary N) is 2. The van der Waals surface area contributed by atoms with Gasteiger partial charge < -0.3 is 20.4 Å². The average molecular weight is 497 g/mol. The molecule has 0 radical (unpaired) electrons. The molecular weight excluding hydrogens is 468 g/mol. The third kappa shape index (κ3) is 6.60. The molecule has 2 aromatic rings. The molecule has 2 fully saturated rings. The quantitative estimate of drug-likeness (QED) is 0.583. The van der Waals surface area contributed by atoms with E-state index >= 15 is 0 Å². The number of piperidine rings is 1. The standard InChI is InChI=1S/C26H29ClN4O4/c27-19-8-10-20(11-9-19)28-23(32)16-21(17-30-14-3-5-24(30)33)29-26(35)18-6-12-22(13-7-18)31-15-2-1-4-25(31)34/h6-13,21H,1-5,14-17H2,(H,28,32)(H,29,35). The summed E-state index contributed by atoms with van der Waals surface area (Å²) in [4.78, 5) is 53.5. The third-order valence-corrected chi connectivity index (χ3v) is 6.52. The fourth-order valence-electron chi connectivity index (χ4n) is 4.43. The summed E-state index contributed by atoms with van der Waals surface area (Å²) in [5, 5.41) is 6.29. The SMILES string of the molecule is O=C(CC(CN1CCCC1=O)NC(=O)c1ccc(N2CCCCC2=O)cc1)Nc1ccc(Cl)cc1. The molecule has 2 heterocycles. The predicted molar refractivity (Wildman–Crippen MR) is 134 cm³/mol. The van der Waals surface area contributed by atoms with Gasteiger partial charge in [0.2, 0.25) is 17.7 Å². The third-order valence-electron chi connectivity index (χ3n) is 6.27. The van der Waals surface area contributed by atoms with Gasteiger partial charge in [0.05, 0.1) is 6.04 Å². The second-order valence-corrected chi connectivity index (χ2v) is 9.36. The van der Waals surface area contributed by atoms with E-state index in [0.29, 0.717) is 42.2 Å². The Morgan fingerprint density at radius 1 is 0.886 bits per heavy atom. The molecule has 0 aliphatic carbocycles. The summed E-state index contributed by atoms with van der Waals surface area (Å²) in [6.45, 7) is 1.56. The molecule has 9 heteroatoms. The lowest BCUT2D eigenvalue weighted by Gasteiger charge is -2.27. The van der Waals surface area contributed by atoms with E-state index in [2.05, 4.69) is 10.6 Å². The second kappa shape index (κ2) is 11.4. The maximum atomic E-state index is 13.0. The van der Waals surface area contributed by atoms with Crippen molar-refractivity contribution >= 4 is 46.6 Å². The minimum atomic E-state index is -0.555. The summed E-state index contributed by atoms with van der Waals surface area (Å²) in [5.74, 6) is -0.492. The zero-order chi connectivity index (χ0) is 24.8. The normalized spacial score (nSPS) is 16.8. The smallest absolute Gasteiger partial charge is 0.251 e. The fourth-order valence-corrected chi connectivity index (χ4v) is 4.56. The topological polar surface area (TPSA) is 98.8 Å². The lowest BCUT2D eigenvalue weighted by Crippen LogP contribution is -2.46. The molecule has 35 heavy (non-hydrogen) atoms.